The molecule has 20 heavy (non-hydrogen) atoms. The largest absolute Gasteiger partial charge is 0.377 e. The van der Waals surface area contributed by atoms with Crippen LogP contribution in [0.1, 0.15) is 44.6 Å². The monoisotopic (exact) mass is 278 g/mol. The highest BCUT2D eigenvalue weighted by molar-refractivity contribution is 5.11. The molecule has 1 aromatic heterocycles. The van der Waals surface area contributed by atoms with E-state index in [9.17, 15) is 0 Å². The first-order valence-corrected chi connectivity index (χ1v) is 7.76. The fourth-order valence-corrected chi connectivity index (χ4v) is 3.25. The van der Waals surface area contributed by atoms with Gasteiger partial charge in [-0.15, -0.1) is 0 Å². The van der Waals surface area contributed by atoms with Crippen LogP contribution in [0.15, 0.2) is 10.6 Å². The van der Waals surface area contributed by atoms with Crippen LogP contribution in [-0.2, 0) is 17.8 Å². The molecule has 1 heterocycles. The van der Waals surface area contributed by atoms with Gasteiger partial charge in [0.15, 0.2) is 5.76 Å². The highest BCUT2D eigenvalue weighted by Gasteiger charge is 2.48. The zero-order valence-electron chi connectivity index (χ0n) is 12.8. The molecule has 2 aliphatic rings. The maximum absolute atomic E-state index is 5.27. The average molecular weight is 278 g/mol. The van der Waals surface area contributed by atoms with E-state index in [-0.39, 0.29) is 0 Å². The van der Waals surface area contributed by atoms with Gasteiger partial charge in [-0.1, -0.05) is 19.0 Å². The van der Waals surface area contributed by atoms with Crippen molar-refractivity contribution in [1.29, 1.82) is 0 Å². The number of nitrogens with zero attached hydrogens (tertiary/aromatic N) is 1. The number of aromatic nitrogens is 1. The Morgan fingerprint density at radius 3 is 2.90 bits per heavy atom. The van der Waals surface area contributed by atoms with E-state index in [1.54, 1.807) is 7.11 Å². The molecule has 0 unspecified atom stereocenters. The molecule has 3 rings (SSSR count). The first kappa shape index (κ1) is 14.1. The van der Waals surface area contributed by atoms with E-state index >= 15 is 0 Å². The second kappa shape index (κ2) is 5.49. The van der Waals surface area contributed by atoms with Gasteiger partial charge in [0.25, 0.3) is 0 Å². The van der Waals surface area contributed by atoms with E-state index in [2.05, 4.69) is 24.3 Å². The molecule has 2 atom stereocenters. The van der Waals surface area contributed by atoms with Gasteiger partial charge in [0.2, 0.25) is 0 Å². The molecule has 4 heteroatoms. The Hall–Kier alpha value is -0.870. The third kappa shape index (κ3) is 2.91. The molecule has 1 aromatic rings. The van der Waals surface area contributed by atoms with Crippen LogP contribution >= 0.6 is 0 Å². The summed E-state index contributed by atoms with van der Waals surface area (Å²) in [7, 11) is 1.67. The van der Waals surface area contributed by atoms with Gasteiger partial charge in [-0.3, -0.25) is 0 Å². The highest BCUT2D eigenvalue weighted by atomic mass is 16.5. The Kier molecular flexibility index (Phi) is 3.87. The van der Waals surface area contributed by atoms with Crippen molar-refractivity contribution in [1.82, 2.24) is 10.5 Å². The molecule has 112 valence electrons. The normalized spacial score (nSPS) is 28.4. The Balaban J connectivity index is 1.50. The minimum absolute atomic E-state index is 0.356. The van der Waals surface area contributed by atoms with Crippen LogP contribution in [0, 0.1) is 17.3 Å². The second-order valence-corrected chi connectivity index (χ2v) is 7.08. The van der Waals surface area contributed by atoms with Gasteiger partial charge in [-0.25, -0.2) is 0 Å². The Morgan fingerprint density at radius 2 is 2.25 bits per heavy atom. The maximum atomic E-state index is 5.27. The standard InChI is InChI=1S/C16H26N2O2/c1-16(2)12(7-15(16)17-9-11-4-5-11)6-13-8-14(10-19-3)20-18-13/h8,11-12,15,17H,4-7,9-10H2,1-3H3/t12-,15+/m1/s1. The summed E-state index contributed by atoms with van der Waals surface area (Å²) in [6.45, 7) is 6.47. The quantitative estimate of drug-likeness (QED) is 0.833. The van der Waals surface area contributed by atoms with Gasteiger partial charge in [0, 0.05) is 19.2 Å². The van der Waals surface area contributed by atoms with Crippen molar-refractivity contribution in [2.45, 2.75) is 52.2 Å². The molecule has 0 saturated heterocycles. The Morgan fingerprint density at radius 1 is 1.45 bits per heavy atom. The van der Waals surface area contributed by atoms with E-state index in [4.69, 9.17) is 9.26 Å². The summed E-state index contributed by atoms with van der Waals surface area (Å²) in [5.41, 5.74) is 1.42. The van der Waals surface area contributed by atoms with Gasteiger partial charge in [0.05, 0.1) is 5.69 Å². The summed E-state index contributed by atoms with van der Waals surface area (Å²) in [6.07, 6.45) is 5.11. The van der Waals surface area contributed by atoms with Crippen molar-refractivity contribution in [2.24, 2.45) is 17.3 Å². The van der Waals surface area contributed by atoms with Gasteiger partial charge >= 0.3 is 0 Å². The molecule has 0 aromatic carbocycles. The van der Waals surface area contributed by atoms with Crippen molar-refractivity contribution in [3.63, 3.8) is 0 Å². The van der Waals surface area contributed by atoms with Gasteiger partial charge in [0.1, 0.15) is 6.61 Å². The van der Waals surface area contributed by atoms with E-state index in [0.717, 1.165) is 23.8 Å². The predicted octanol–water partition coefficient (Wildman–Crippen LogP) is 2.78. The average Bonchev–Trinajstić information content (AvgIpc) is 3.13. The summed E-state index contributed by atoms with van der Waals surface area (Å²) in [5.74, 6) is 2.47. The molecular weight excluding hydrogens is 252 g/mol. The molecule has 4 nitrogen and oxygen atoms in total. The topological polar surface area (TPSA) is 47.3 Å². The smallest absolute Gasteiger partial charge is 0.162 e. The molecule has 2 saturated carbocycles. The molecule has 2 aliphatic carbocycles. The SMILES string of the molecule is COCc1cc(C[C@@H]2C[C@H](NCC3CC3)C2(C)C)no1. The minimum atomic E-state index is 0.356. The summed E-state index contributed by atoms with van der Waals surface area (Å²) in [6, 6.07) is 2.70. The second-order valence-electron chi connectivity index (χ2n) is 7.08. The number of hydrogen-bond acceptors (Lipinski definition) is 4. The minimum Gasteiger partial charge on any atom is -0.377 e. The summed E-state index contributed by atoms with van der Waals surface area (Å²) in [5, 5.41) is 7.90. The van der Waals surface area contributed by atoms with E-state index < -0.39 is 0 Å². The number of methoxy groups -OCH3 is 1. The zero-order valence-corrected chi connectivity index (χ0v) is 12.8. The van der Waals surface area contributed by atoms with Gasteiger partial charge in [-0.05, 0) is 49.5 Å². The third-order valence-electron chi connectivity index (χ3n) is 5.17. The molecule has 0 bridgehead atoms. The lowest BCUT2D eigenvalue weighted by Gasteiger charge is -2.52. The van der Waals surface area contributed by atoms with Crippen molar-refractivity contribution in [3.05, 3.63) is 17.5 Å². The first-order chi connectivity index (χ1) is 9.59. The first-order valence-electron chi connectivity index (χ1n) is 7.76. The molecular formula is C16H26N2O2. The lowest BCUT2D eigenvalue weighted by Crippen LogP contribution is -2.57. The van der Waals surface area contributed by atoms with Crippen molar-refractivity contribution >= 4 is 0 Å². The van der Waals surface area contributed by atoms with Crippen molar-refractivity contribution in [2.75, 3.05) is 13.7 Å². The molecule has 2 fully saturated rings. The van der Waals surface area contributed by atoms with Crippen LogP contribution in [0.25, 0.3) is 0 Å². The van der Waals surface area contributed by atoms with Crippen LogP contribution < -0.4 is 5.32 Å². The molecule has 0 amide bonds. The molecule has 0 radical (unpaired) electrons. The van der Waals surface area contributed by atoms with Crippen molar-refractivity contribution in [3.8, 4) is 0 Å². The lowest BCUT2D eigenvalue weighted by molar-refractivity contribution is 0.0131. The fourth-order valence-electron chi connectivity index (χ4n) is 3.25. The van der Waals surface area contributed by atoms with E-state index in [0.29, 0.717) is 24.0 Å². The molecule has 0 spiro atoms. The molecule has 1 N–H and O–H groups in total. The Bertz CT molecular complexity index is 451. The number of ether oxygens (including phenoxy) is 1. The van der Waals surface area contributed by atoms with Gasteiger partial charge < -0.3 is 14.6 Å². The van der Waals surface area contributed by atoms with E-state index in [1.165, 1.54) is 25.8 Å². The predicted molar refractivity (Wildman–Crippen MR) is 77.3 cm³/mol. The number of rotatable bonds is 7. The summed E-state index contributed by atoms with van der Waals surface area (Å²) in [4.78, 5) is 0. The van der Waals surface area contributed by atoms with E-state index in [1.807, 2.05) is 6.07 Å². The summed E-state index contributed by atoms with van der Waals surface area (Å²) >= 11 is 0. The van der Waals surface area contributed by atoms with Crippen LogP contribution in [0.4, 0.5) is 0 Å². The maximum Gasteiger partial charge on any atom is 0.162 e. The highest BCUT2D eigenvalue weighted by Crippen LogP contribution is 2.48. The van der Waals surface area contributed by atoms with Crippen LogP contribution in [0.5, 0.6) is 0 Å². The molecule has 0 aliphatic heterocycles. The van der Waals surface area contributed by atoms with Crippen LogP contribution in [0.2, 0.25) is 0 Å². The fraction of sp³-hybridized carbons (Fsp3) is 0.812. The number of nitrogens with one attached hydrogen (secondary N) is 1. The Labute approximate surface area is 121 Å². The number of hydrogen-bond donors (Lipinski definition) is 1. The van der Waals surface area contributed by atoms with Crippen LogP contribution in [0.3, 0.4) is 0 Å². The van der Waals surface area contributed by atoms with Crippen molar-refractivity contribution < 1.29 is 9.26 Å². The van der Waals surface area contributed by atoms with Gasteiger partial charge in [-0.2, -0.15) is 0 Å². The lowest BCUT2D eigenvalue weighted by atomic mass is 9.57. The third-order valence-corrected chi connectivity index (χ3v) is 5.17. The van der Waals surface area contributed by atoms with Crippen LogP contribution in [-0.4, -0.2) is 24.9 Å². The summed E-state index contributed by atoms with van der Waals surface area (Å²) < 4.78 is 10.3. The zero-order chi connectivity index (χ0) is 14.2.